The quantitative estimate of drug-likeness (QED) is 0.442. The maximum absolute atomic E-state index is 11.9. The minimum Gasteiger partial charge on any atom is -0.399 e. The van der Waals surface area contributed by atoms with Gasteiger partial charge >= 0.3 is 0 Å². The minimum absolute atomic E-state index is 0.0388. The Kier molecular flexibility index (Phi) is 4.75. The van der Waals surface area contributed by atoms with Crippen LogP contribution < -0.4 is 15.8 Å². The standard InChI is InChI=1S/C11H19N3O4S/c1-11(6-15,7-16)14-9-4-3-8(12)5-10(9)19(17,18)13-2/h3-5,13-16H,6-7,12H2,1-2H3. The Morgan fingerprint density at radius 1 is 1.32 bits per heavy atom. The molecule has 0 aromatic heterocycles. The summed E-state index contributed by atoms with van der Waals surface area (Å²) in [4.78, 5) is -0.0388. The van der Waals surface area contributed by atoms with Crippen molar-refractivity contribution in [1.82, 2.24) is 4.72 Å². The lowest BCUT2D eigenvalue weighted by Crippen LogP contribution is -2.43. The molecule has 0 aliphatic rings. The molecular formula is C11H19N3O4S. The van der Waals surface area contributed by atoms with Crippen molar-refractivity contribution >= 4 is 21.4 Å². The molecule has 0 unspecified atom stereocenters. The summed E-state index contributed by atoms with van der Waals surface area (Å²) in [6, 6.07) is 4.33. The molecule has 1 rings (SSSR count). The van der Waals surface area contributed by atoms with Crippen molar-refractivity contribution in [2.75, 3.05) is 31.3 Å². The topological polar surface area (TPSA) is 125 Å². The van der Waals surface area contributed by atoms with Crippen LogP contribution >= 0.6 is 0 Å². The fraction of sp³-hybridized carbons (Fsp3) is 0.455. The van der Waals surface area contributed by atoms with E-state index in [9.17, 15) is 18.6 Å². The van der Waals surface area contributed by atoms with E-state index in [1.807, 2.05) is 0 Å². The van der Waals surface area contributed by atoms with Gasteiger partial charge in [0.25, 0.3) is 0 Å². The van der Waals surface area contributed by atoms with Gasteiger partial charge in [0.05, 0.1) is 24.4 Å². The molecule has 19 heavy (non-hydrogen) atoms. The van der Waals surface area contributed by atoms with Gasteiger partial charge in [0.2, 0.25) is 10.0 Å². The maximum Gasteiger partial charge on any atom is 0.242 e. The average Bonchev–Trinajstić information content (AvgIpc) is 2.40. The van der Waals surface area contributed by atoms with Crippen LogP contribution in [0.15, 0.2) is 23.1 Å². The van der Waals surface area contributed by atoms with Gasteiger partial charge in [-0.3, -0.25) is 0 Å². The molecular weight excluding hydrogens is 270 g/mol. The molecule has 0 amide bonds. The number of nitrogens with two attached hydrogens (primary N) is 1. The predicted octanol–water partition coefficient (Wildman–Crippen LogP) is -0.668. The molecule has 0 heterocycles. The molecule has 0 saturated heterocycles. The van der Waals surface area contributed by atoms with Crippen LogP contribution in [0.4, 0.5) is 11.4 Å². The van der Waals surface area contributed by atoms with Crippen molar-refractivity contribution < 1.29 is 18.6 Å². The number of hydrogen-bond donors (Lipinski definition) is 5. The first-order valence-corrected chi connectivity index (χ1v) is 7.09. The van der Waals surface area contributed by atoms with E-state index in [1.54, 1.807) is 6.92 Å². The van der Waals surface area contributed by atoms with Crippen LogP contribution in [0, 0.1) is 0 Å². The monoisotopic (exact) mass is 289 g/mol. The minimum atomic E-state index is -3.70. The third-order valence-electron chi connectivity index (χ3n) is 2.70. The van der Waals surface area contributed by atoms with Crippen LogP contribution in [0.2, 0.25) is 0 Å². The van der Waals surface area contributed by atoms with Crippen molar-refractivity contribution in [3.63, 3.8) is 0 Å². The Morgan fingerprint density at radius 3 is 2.37 bits per heavy atom. The van der Waals surface area contributed by atoms with Crippen molar-refractivity contribution in [2.24, 2.45) is 0 Å². The molecule has 0 atom stereocenters. The Labute approximate surface area is 112 Å². The van der Waals surface area contributed by atoms with Crippen molar-refractivity contribution in [2.45, 2.75) is 17.4 Å². The molecule has 0 aliphatic heterocycles. The summed E-state index contributed by atoms with van der Waals surface area (Å²) in [6.45, 7) is 0.860. The molecule has 7 nitrogen and oxygen atoms in total. The highest BCUT2D eigenvalue weighted by Crippen LogP contribution is 2.26. The Bertz CT molecular complexity index is 541. The Balaban J connectivity index is 3.29. The van der Waals surface area contributed by atoms with E-state index in [4.69, 9.17) is 5.73 Å². The number of rotatable bonds is 6. The van der Waals surface area contributed by atoms with Crippen LogP contribution in [0.3, 0.4) is 0 Å². The van der Waals surface area contributed by atoms with Gasteiger partial charge in [-0.2, -0.15) is 0 Å². The summed E-state index contributed by atoms with van der Waals surface area (Å²) < 4.78 is 26.0. The number of nitrogen functional groups attached to an aromatic ring is 1. The van der Waals surface area contributed by atoms with Crippen LogP contribution in [-0.4, -0.2) is 44.4 Å². The van der Waals surface area contributed by atoms with Gasteiger partial charge < -0.3 is 21.3 Å². The zero-order valence-corrected chi connectivity index (χ0v) is 11.7. The number of anilines is 2. The lowest BCUT2D eigenvalue weighted by atomic mass is 10.0. The van der Waals surface area contributed by atoms with E-state index >= 15 is 0 Å². The van der Waals surface area contributed by atoms with Gasteiger partial charge in [0.1, 0.15) is 4.90 Å². The second kappa shape index (κ2) is 5.74. The first-order valence-electron chi connectivity index (χ1n) is 5.61. The molecule has 0 fully saturated rings. The SMILES string of the molecule is CNS(=O)(=O)c1cc(N)ccc1NC(C)(CO)CO. The zero-order valence-electron chi connectivity index (χ0n) is 10.8. The number of aliphatic hydroxyl groups excluding tert-OH is 2. The highest BCUT2D eigenvalue weighted by molar-refractivity contribution is 7.89. The highest BCUT2D eigenvalue weighted by atomic mass is 32.2. The first-order chi connectivity index (χ1) is 8.78. The summed E-state index contributed by atoms with van der Waals surface area (Å²) in [5, 5.41) is 21.3. The number of nitrogens with one attached hydrogen (secondary N) is 2. The average molecular weight is 289 g/mol. The van der Waals surface area contributed by atoms with Gasteiger partial charge in [-0.05, 0) is 32.2 Å². The van der Waals surface area contributed by atoms with E-state index in [2.05, 4.69) is 10.0 Å². The van der Waals surface area contributed by atoms with E-state index < -0.39 is 15.6 Å². The molecule has 1 aromatic carbocycles. The van der Waals surface area contributed by atoms with Crippen molar-refractivity contribution in [3.05, 3.63) is 18.2 Å². The van der Waals surface area contributed by atoms with Gasteiger partial charge in [0, 0.05) is 5.69 Å². The van der Waals surface area contributed by atoms with Crippen LogP contribution in [0.1, 0.15) is 6.92 Å². The summed E-state index contributed by atoms with van der Waals surface area (Å²) in [7, 11) is -2.40. The van der Waals surface area contributed by atoms with E-state index in [0.717, 1.165) is 0 Å². The second-order valence-corrected chi connectivity index (χ2v) is 6.32. The lowest BCUT2D eigenvalue weighted by molar-refractivity contribution is 0.147. The van der Waals surface area contributed by atoms with Gasteiger partial charge in [-0.25, -0.2) is 13.1 Å². The number of hydrogen-bond acceptors (Lipinski definition) is 6. The number of aliphatic hydroxyl groups is 2. The smallest absolute Gasteiger partial charge is 0.242 e. The van der Waals surface area contributed by atoms with Gasteiger partial charge in [-0.15, -0.1) is 0 Å². The zero-order chi connectivity index (χ0) is 14.7. The third kappa shape index (κ3) is 3.57. The van der Waals surface area contributed by atoms with E-state index in [-0.39, 0.29) is 23.8 Å². The van der Waals surface area contributed by atoms with Gasteiger partial charge in [0.15, 0.2) is 0 Å². The lowest BCUT2D eigenvalue weighted by Gasteiger charge is -2.28. The Morgan fingerprint density at radius 2 is 1.89 bits per heavy atom. The molecule has 108 valence electrons. The molecule has 0 aliphatic carbocycles. The predicted molar refractivity (Wildman–Crippen MR) is 73.3 cm³/mol. The molecule has 0 radical (unpaired) electrons. The third-order valence-corrected chi connectivity index (χ3v) is 4.15. The van der Waals surface area contributed by atoms with Crippen LogP contribution in [-0.2, 0) is 10.0 Å². The summed E-state index contributed by atoms with van der Waals surface area (Å²) in [6.07, 6.45) is 0. The summed E-state index contributed by atoms with van der Waals surface area (Å²) in [5.74, 6) is 0. The molecule has 8 heteroatoms. The first kappa shape index (κ1) is 15.7. The van der Waals surface area contributed by atoms with Crippen molar-refractivity contribution in [1.29, 1.82) is 0 Å². The van der Waals surface area contributed by atoms with E-state index in [0.29, 0.717) is 5.69 Å². The summed E-state index contributed by atoms with van der Waals surface area (Å²) in [5.41, 5.74) is 5.11. The van der Waals surface area contributed by atoms with Crippen LogP contribution in [0.5, 0.6) is 0 Å². The normalized spacial score (nSPS) is 12.4. The second-order valence-electron chi connectivity index (χ2n) is 4.47. The van der Waals surface area contributed by atoms with Crippen LogP contribution in [0.25, 0.3) is 0 Å². The van der Waals surface area contributed by atoms with E-state index in [1.165, 1.54) is 25.2 Å². The number of benzene rings is 1. The molecule has 0 bridgehead atoms. The molecule has 0 saturated carbocycles. The highest BCUT2D eigenvalue weighted by Gasteiger charge is 2.26. The molecule has 0 spiro atoms. The Hall–Kier alpha value is -1.35. The fourth-order valence-corrected chi connectivity index (χ4v) is 2.35. The van der Waals surface area contributed by atoms with Gasteiger partial charge in [-0.1, -0.05) is 0 Å². The molecule has 6 N–H and O–H groups in total. The largest absolute Gasteiger partial charge is 0.399 e. The summed E-state index contributed by atoms with van der Waals surface area (Å²) >= 11 is 0. The van der Waals surface area contributed by atoms with Crippen molar-refractivity contribution in [3.8, 4) is 0 Å². The fourth-order valence-electron chi connectivity index (χ4n) is 1.43. The molecule has 1 aromatic rings. The number of sulfonamides is 1. The maximum atomic E-state index is 11.9.